The Labute approximate surface area is 116 Å². The van der Waals surface area contributed by atoms with Crippen molar-refractivity contribution in [1.82, 2.24) is 10.4 Å². The molecule has 3 N–H and O–H groups in total. The molecule has 2 aromatic rings. The van der Waals surface area contributed by atoms with Crippen LogP contribution in [0, 0.1) is 0 Å². The van der Waals surface area contributed by atoms with Crippen molar-refractivity contribution in [2.75, 3.05) is 14.2 Å². The number of methoxy groups -OCH3 is 2. The molecule has 19 heavy (non-hydrogen) atoms. The van der Waals surface area contributed by atoms with Gasteiger partial charge >= 0.3 is 0 Å². The maximum absolute atomic E-state index is 5.65. The average Bonchev–Trinajstić information content (AvgIpc) is 2.97. The number of hydrazine groups is 1. The molecule has 0 saturated carbocycles. The minimum absolute atomic E-state index is 0.0323. The van der Waals surface area contributed by atoms with Crippen molar-refractivity contribution in [3.05, 3.63) is 40.3 Å². The topological polar surface area (TPSA) is 69.4 Å². The summed E-state index contributed by atoms with van der Waals surface area (Å²) in [5, 5.41) is 2.99. The summed E-state index contributed by atoms with van der Waals surface area (Å²) in [5.41, 5.74) is 3.82. The van der Waals surface area contributed by atoms with Crippen LogP contribution in [0.1, 0.15) is 16.6 Å². The predicted molar refractivity (Wildman–Crippen MR) is 75.4 cm³/mol. The molecule has 1 heterocycles. The van der Waals surface area contributed by atoms with Crippen molar-refractivity contribution >= 4 is 11.3 Å². The van der Waals surface area contributed by atoms with E-state index in [-0.39, 0.29) is 6.04 Å². The van der Waals surface area contributed by atoms with E-state index in [4.69, 9.17) is 15.3 Å². The fraction of sp³-hybridized carbons (Fsp3) is 0.308. The Kier molecular flexibility index (Phi) is 4.73. The number of aromatic nitrogens is 1. The van der Waals surface area contributed by atoms with Gasteiger partial charge in [0.2, 0.25) is 0 Å². The first kappa shape index (κ1) is 13.8. The minimum atomic E-state index is -0.0323. The first-order chi connectivity index (χ1) is 9.26. The molecule has 1 aromatic carbocycles. The van der Waals surface area contributed by atoms with Gasteiger partial charge < -0.3 is 9.47 Å². The highest BCUT2D eigenvalue weighted by Crippen LogP contribution is 2.28. The summed E-state index contributed by atoms with van der Waals surface area (Å²) in [4.78, 5) is 4.28. The second kappa shape index (κ2) is 6.51. The lowest BCUT2D eigenvalue weighted by Gasteiger charge is -2.17. The van der Waals surface area contributed by atoms with Crippen LogP contribution in [0.5, 0.6) is 11.5 Å². The number of hydrogen-bond donors (Lipinski definition) is 2. The molecule has 2 rings (SSSR count). The molecule has 6 heteroatoms. The summed E-state index contributed by atoms with van der Waals surface area (Å²) >= 11 is 1.61. The molecule has 1 unspecified atom stereocenters. The number of hydrogen-bond acceptors (Lipinski definition) is 6. The van der Waals surface area contributed by atoms with E-state index in [1.54, 1.807) is 31.8 Å². The standard InChI is InChI=1S/C13H17N3O2S/c1-17-10-5-9(6-11(7-10)18-2)12(16-14)8-13-15-3-4-19-13/h3-7,12,16H,8,14H2,1-2H3. The molecular weight excluding hydrogens is 262 g/mol. The summed E-state index contributed by atoms with van der Waals surface area (Å²) < 4.78 is 10.5. The summed E-state index contributed by atoms with van der Waals surface area (Å²) in [6, 6.07) is 5.69. The third-order valence-electron chi connectivity index (χ3n) is 2.84. The number of nitrogens with two attached hydrogens (primary N) is 1. The fourth-order valence-electron chi connectivity index (χ4n) is 1.83. The smallest absolute Gasteiger partial charge is 0.122 e. The largest absolute Gasteiger partial charge is 0.497 e. The SMILES string of the molecule is COc1cc(OC)cc(C(Cc2nccs2)NN)c1. The molecule has 0 saturated heterocycles. The lowest BCUT2D eigenvalue weighted by atomic mass is 10.0. The zero-order valence-electron chi connectivity index (χ0n) is 10.9. The maximum atomic E-state index is 5.65. The Hall–Kier alpha value is -1.63. The van der Waals surface area contributed by atoms with Crippen molar-refractivity contribution in [2.24, 2.45) is 5.84 Å². The predicted octanol–water partition coefficient (Wildman–Crippen LogP) is 1.91. The van der Waals surface area contributed by atoms with Gasteiger partial charge in [-0.2, -0.15) is 0 Å². The quantitative estimate of drug-likeness (QED) is 0.624. The Bertz CT molecular complexity index is 494. The molecular formula is C13H17N3O2S. The summed E-state index contributed by atoms with van der Waals surface area (Å²) in [6.07, 6.45) is 2.52. The molecule has 0 amide bonds. The van der Waals surface area contributed by atoms with E-state index >= 15 is 0 Å². The zero-order chi connectivity index (χ0) is 13.7. The van der Waals surface area contributed by atoms with Gasteiger partial charge in [-0.25, -0.2) is 4.98 Å². The van der Waals surface area contributed by atoms with Gasteiger partial charge in [-0.1, -0.05) is 0 Å². The van der Waals surface area contributed by atoms with Crippen molar-refractivity contribution in [3.63, 3.8) is 0 Å². The van der Waals surface area contributed by atoms with Gasteiger partial charge in [-0.3, -0.25) is 11.3 Å². The first-order valence-corrected chi connectivity index (χ1v) is 6.72. The zero-order valence-corrected chi connectivity index (χ0v) is 11.7. The van der Waals surface area contributed by atoms with Crippen molar-refractivity contribution in [2.45, 2.75) is 12.5 Å². The Morgan fingerprint density at radius 2 is 1.95 bits per heavy atom. The highest BCUT2D eigenvalue weighted by atomic mass is 32.1. The van der Waals surface area contributed by atoms with Crippen LogP contribution < -0.4 is 20.7 Å². The Morgan fingerprint density at radius 3 is 2.42 bits per heavy atom. The molecule has 0 spiro atoms. The molecule has 0 radical (unpaired) electrons. The molecule has 0 fully saturated rings. The number of rotatable bonds is 6. The molecule has 0 bridgehead atoms. The number of nitrogens with one attached hydrogen (secondary N) is 1. The van der Waals surface area contributed by atoms with Gasteiger partial charge in [-0.05, 0) is 17.7 Å². The second-order valence-electron chi connectivity index (χ2n) is 4.00. The molecule has 0 aliphatic carbocycles. The molecule has 0 aliphatic rings. The maximum Gasteiger partial charge on any atom is 0.122 e. The van der Waals surface area contributed by atoms with E-state index in [1.165, 1.54) is 0 Å². The summed E-state index contributed by atoms with van der Waals surface area (Å²) in [6.45, 7) is 0. The molecule has 1 atom stereocenters. The number of nitrogens with zero attached hydrogens (tertiary/aromatic N) is 1. The minimum Gasteiger partial charge on any atom is -0.497 e. The van der Waals surface area contributed by atoms with Gasteiger partial charge in [0.05, 0.1) is 25.3 Å². The Balaban J connectivity index is 2.26. The van der Waals surface area contributed by atoms with E-state index in [0.29, 0.717) is 0 Å². The van der Waals surface area contributed by atoms with E-state index in [2.05, 4.69) is 10.4 Å². The average molecular weight is 279 g/mol. The van der Waals surface area contributed by atoms with E-state index in [9.17, 15) is 0 Å². The van der Waals surface area contributed by atoms with Crippen LogP contribution in [0.3, 0.4) is 0 Å². The number of ether oxygens (including phenoxy) is 2. The van der Waals surface area contributed by atoms with Crippen LogP contribution in [0.15, 0.2) is 29.8 Å². The first-order valence-electron chi connectivity index (χ1n) is 5.84. The second-order valence-corrected chi connectivity index (χ2v) is 4.97. The molecule has 1 aromatic heterocycles. The monoisotopic (exact) mass is 279 g/mol. The number of benzene rings is 1. The van der Waals surface area contributed by atoms with Gasteiger partial charge in [0.15, 0.2) is 0 Å². The van der Waals surface area contributed by atoms with Crippen LogP contribution >= 0.6 is 11.3 Å². The van der Waals surface area contributed by atoms with Gasteiger partial charge in [-0.15, -0.1) is 11.3 Å². The molecule has 0 aliphatic heterocycles. The normalized spacial score (nSPS) is 12.2. The fourth-order valence-corrected chi connectivity index (χ4v) is 2.50. The van der Waals surface area contributed by atoms with E-state index in [1.807, 2.05) is 23.6 Å². The third kappa shape index (κ3) is 3.44. The lowest BCUT2D eigenvalue weighted by molar-refractivity contribution is 0.391. The van der Waals surface area contributed by atoms with Crippen LogP contribution in [-0.2, 0) is 6.42 Å². The van der Waals surface area contributed by atoms with Crippen molar-refractivity contribution < 1.29 is 9.47 Å². The van der Waals surface area contributed by atoms with Crippen molar-refractivity contribution in [3.8, 4) is 11.5 Å². The van der Waals surface area contributed by atoms with Crippen LogP contribution in [0.25, 0.3) is 0 Å². The number of thiazole rings is 1. The van der Waals surface area contributed by atoms with Crippen LogP contribution in [0.4, 0.5) is 0 Å². The molecule has 5 nitrogen and oxygen atoms in total. The van der Waals surface area contributed by atoms with Crippen LogP contribution in [-0.4, -0.2) is 19.2 Å². The van der Waals surface area contributed by atoms with Gasteiger partial charge in [0, 0.05) is 24.1 Å². The molecule has 102 valence electrons. The lowest BCUT2D eigenvalue weighted by Crippen LogP contribution is -2.29. The van der Waals surface area contributed by atoms with Crippen molar-refractivity contribution in [1.29, 1.82) is 0 Å². The van der Waals surface area contributed by atoms with E-state index < -0.39 is 0 Å². The highest BCUT2D eigenvalue weighted by molar-refractivity contribution is 7.09. The summed E-state index contributed by atoms with van der Waals surface area (Å²) in [5.74, 6) is 7.14. The summed E-state index contributed by atoms with van der Waals surface area (Å²) in [7, 11) is 3.26. The van der Waals surface area contributed by atoms with E-state index in [0.717, 1.165) is 28.5 Å². The Morgan fingerprint density at radius 1 is 1.26 bits per heavy atom. The highest BCUT2D eigenvalue weighted by Gasteiger charge is 2.14. The van der Waals surface area contributed by atoms with Gasteiger partial charge in [0.1, 0.15) is 11.5 Å². The van der Waals surface area contributed by atoms with Crippen LogP contribution in [0.2, 0.25) is 0 Å². The third-order valence-corrected chi connectivity index (χ3v) is 3.64. The van der Waals surface area contributed by atoms with Gasteiger partial charge in [0.25, 0.3) is 0 Å².